The monoisotopic (exact) mass is 325 g/mol. The maximum absolute atomic E-state index is 11.3. The van der Waals surface area contributed by atoms with Gasteiger partial charge in [-0.2, -0.15) is 0 Å². The molecule has 0 aliphatic carbocycles. The molecule has 1 aliphatic rings. The Morgan fingerprint density at radius 3 is 2.62 bits per heavy atom. The molecule has 1 fully saturated rings. The maximum Gasteiger partial charge on any atom is 0.335 e. The van der Waals surface area contributed by atoms with Crippen molar-refractivity contribution >= 4 is 5.97 Å². The summed E-state index contributed by atoms with van der Waals surface area (Å²) < 4.78 is 5.98. The van der Waals surface area contributed by atoms with Gasteiger partial charge in [0, 0.05) is 19.6 Å². The second kappa shape index (κ2) is 7.16. The smallest absolute Gasteiger partial charge is 0.335 e. The molecule has 1 atom stereocenters. The quantitative estimate of drug-likeness (QED) is 0.933. The molecule has 2 aromatic rings. The van der Waals surface area contributed by atoms with Crippen molar-refractivity contribution in [1.82, 2.24) is 4.90 Å². The highest BCUT2D eigenvalue weighted by atomic mass is 16.5. The zero-order valence-electron chi connectivity index (χ0n) is 14.2. The van der Waals surface area contributed by atoms with Crippen molar-refractivity contribution in [2.24, 2.45) is 0 Å². The lowest BCUT2D eigenvalue weighted by atomic mass is 9.94. The number of carbonyl (C=O) groups is 1. The number of carboxylic acids is 1. The second-order valence-electron chi connectivity index (χ2n) is 6.34. The molecule has 0 amide bonds. The van der Waals surface area contributed by atoms with E-state index in [1.54, 1.807) is 6.07 Å². The van der Waals surface area contributed by atoms with E-state index in [-0.39, 0.29) is 6.10 Å². The lowest BCUT2D eigenvalue weighted by molar-refractivity contribution is -0.0332. The van der Waals surface area contributed by atoms with Gasteiger partial charge in [0.15, 0.2) is 0 Å². The van der Waals surface area contributed by atoms with E-state index in [1.807, 2.05) is 26.0 Å². The van der Waals surface area contributed by atoms with Gasteiger partial charge in [-0.3, -0.25) is 4.90 Å². The first kappa shape index (κ1) is 16.7. The molecule has 0 radical (unpaired) electrons. The van der Waals surface area contributed by atoms with Gasteiger partial charge in [-0.15, -0.1) is 0 Å². The number of aromatic carboxylic acids is 1. The van der Waals surface area contributed by atoms with Gasteiger partial charge in [-0.25, -0.2) is 4.79 Å². The first-order chi connectivity index (χ1) is 11.6. The van der Waals surface area contributed by atoms with Gasteiger partial charge in [0.1, 0.15) is 0 Å². The fourth-order valence-electron chi connectivity index (χ4n) is 3.30. The Morgan fingerprint density at radius 2 is 1.92 bits per heavy atom. The molecule has 0 saturated carbocycles. The minimum Gasteiger partial charge on any atom is -0.478 e. The number of rotatable bonds is 4. The zero-order chi connectivity index (χ0) is 17.1. The summed E-state index contributed by atoms with van der Waals surface area (Å²) in [5.41, 5.74) is 4.60. The third-order valence-electron chi connectivity index (χ3n) is 4.81. The third-order valence-corrected chi connectivity index (χ3v) is 4.81. The summed E-state index contributed by atoms with van der Waals surface area (Å²) in [6.07, 6.45) is -0.0102. The van der Waals surface area contributed by atoms with Gasteiger partial charge in [0.25, 0.3) is 0 Å². The highest BCUT2D eigenvalue weighted by Gasteiger charge is 2.24. The Hall–Kier alpha value is -2.17. The van der Waals surface area contributed by atoms with Crippen LogP contribution in [0.1, 0.15) is 38.7 Å². The Balaban J connectivity index is 1.77. The molecule has 2 aromatic carbocycles. The van der Waals surface area contributed by atoms with E-state index in [0.29, 0.717) is 12.2 Å². The molecule has 1 aliphatic heterocycles. The topological polar surface area (TPSA) is 49.8 Å². The van der Waals surface area contributed by atoms with E-state index >= 15 is 0 Å². The van der Waals surface area contributed by atoms with Gasteiger partial charge in [0.05, 0.1) is 18.3 Å². The molecule has 0 aromatic heterocycles. The van der Waals surface area contributed by atoms with E-state index in [2.05, 4.69) is 29.2 Å². The number of carboxylic acid groups (broad SMARTS) is 1. The van der Waals surface area contributed by atoms with Gasteiger partial charge in [-0.1, -0.05) is 36.4 Å². The molecule has 1 saturated heterocycles. The fraction of sp³-hybridized carbons (Fsp3) is 0.350. The van der Waals surface area contributed by atoms with Crippen LogP contribution in [-0.4, -0.2) is 35.7 Å². The van der Waals surface area contributed by atoms with Crippen molar-refractivity contribution in [3.8, 4) is 0 Å². The van der Waals surface area contributed by atoms with Crippen LogP contribution in [0.2, 0.25) is 0 Å². The summed E-state index contributed by atoms with van der Waals surface area (Å²) >= 11 is 0. The van der Waals surface area contributed by atoms with Crippen molar-refractivity contribution in [1.29, 1.82) is 0 Å². The largest absolute Gasteiger partial charge is 0.478 e. The molecule has 0 bridgehead atoms. The molecule has 0 spiro atoms. The first-order valence-corrected chi connectivity index (χ1v) is 8.27. The van der Waals surface area contributed by atoms with E-state index in [9.17, 15) is 9.90 Å². The molecule has 1 unspecified atom stereocenters. The predicted octanol–water partition coefficient (Wildman–Crippen LogP) is 3.58. The first-order valence-electron chi connectivity index (χ1n) is 8.27. The van der Waals surface area contributed by atoms with Gasteiger partial charge >= 0.3 is 5.97 Å². The van der Waals surface area contributed by atoms with Crippen molar-refractivity contribution in [3.63, 3.8) is 0 Å². The molecule has 126 valence electrons. The van der Waals surface area contributed by atoms with E-state index in [0.717, 1.165) is 36.3 Å². The van der Waals surface area contributed by atoms with Crippen LogP contribution in [0.5, 0.6) is 0 Å². The predicted molar refractivity (Wildman–Crippen MR) is 93.3 cm³/mol. The molecule has 1 heterocycles. The summed E-state index contributed by atoms with van der Waals surface area (Å²) in [5, 5.41) is 9.26. The van der Waals surface area contributed by atoms with Crippen molar-refractivity contribution in [3.05, 3.63) is 70.3 Å². The second-order valence-corrected chi connectivity index (χ2v) is 6.34. The molecule has 24 heavy (non-hydrogen) atoms. The van der Waals surface area contributed by atoms with Crippen LogP contribution in [-0.2, 0) is 11.3 Å². The standard InChI is InChI=1S/C20H23NO3/c1-14-15(2)18(20(22)23)9-8-17(14)19-13-21(10-11-24-19)12-16-6-4-3-5-7-16/h3-9,19H,10-13H2,1-2H3,(H,22,23). The molecule has 1 N–H and O–H groups in total. The summed E-state index contributed by atoms with van der Waals surface area (Å²) in [6, 6.07) is 14.0. The van der Waals surface area contributed by atoms with Crippen molar-refractivity contribution in [2.75, 3.05) is 19.7 Å². The third kappa shape index (κ3) is 3.50. The molecular formula is C20H23NO3. The molecule has 4 nitrogen and oxygen atoms in total. The normalized spacial score (nSPS) is 18.5. The highest BCUT2D eigenvalue weighted by molar-refractivity contribution is 5.89. The van der Waals surface area contributed by atoms with Crippen molar-refractivity contribution < 1.29 is 14.6 Å². The van der Waals surface area contributed by atoms with Crippen LogP contribution < -0.4 is 0 Å². The minimum absolute atomic E-state index is 0.0102. The van der Waals surface area contributed by atoms with E-state index in [4.69, 9.17) is 4.74 Å². The molecule has 3 rings (SSSR count). The number of hydrogen-bond acceptors (Lipinski definition) is 3. The number of benzene rings is 2. The summed E-state index contributed by atoms with van der Waals surface area (Å²) in [5.74, 6) is -0.877. The lowest BCUT2D eigenvalue weighted by Crippen LogP contribution is -2.38. The van der Waals surface area contributed by atoms with Gasteiger partial charge < -0.3 is 9.84 Å². The number of hydrogen-bond donors (Lipinski definition) is 1. The maximum atomic E-state index is 11.3. The van der Waals surface area contributed by atoms with Crippen LogP contribution >= 0.6 is 0 Å². The fourth-order valence-corrected chi connectivity index (χ4v) is 3.30. The lowest BCUT2D eigenvalue weighted by Gasteiger charge is -2.34. The minimum atomic E-state index is -0.877. The Morgan fingerprint density at radius 1 is 1.17 bits per heavy atom. The van der Waals surface area contributed by atoms with Crippen LogP contribution in [0, 0.1) is 13.8 Å². The van der Waals surface area contributed by atoms with Crippen LogP contribution in [0.4, 0.5) is 0 Å². The Bertz CT molecular complexity index is 727. The van der Waals surface area contributed by atoms with E-state index < -0.39 is 5.97 Å². The van der Waals surface area contributed by atoms with Crippen LogP contribution in [0.3, 0.4) is 0 Å². The van der Waals surface area contributed by atoms with E-state index in [1.165, 1.54) is 5.56 Å². The number of ether oxygens (including phenoxy) is 1. The SMILES string of the molecule is Cc1c(C(=O)O)ccc(C2CN(Cc3ccccc3)CCO2)c1C. The molecule has 4 heteroatoms. The average molecular weight is 325 g/mol. The highest BCUT2D eigenvalue weighted by Crippen LogP contribution is 2.29. The van der Waals surface area contributed by atoms with Gasteiger partial charge in [0.2, 0.25) is 0 Å². The number of nitrogens with zero attached hydrogens (tertiary/aromatic N) is 1. The summed E-state index contributed by atoms with van der Waals surface area (Å²) in [6.45, 7) is 7.18. The summed E-state index contributed by atoms with van der Waals surface area (Å²) in [4.78, 5) is 13.7. The van der Waals surface area contributed by atoms with Gasteiger partial charge in [-0.05, 0) is 42.2 Å². The Kier molecular flexibility index (Phi) is 4.97. The number of morpholine rings is 1. The Labute approximate surface area is 142 Å². The van der Waals surface area contributed by atoms with Crippen LogP contribution in [0.25, 0.3) is 0 Å². The molecular weight excluding hydrogens is 302 g/mol. The van der Waals surface area contributed by atoms with Crippen molar-refractivity contribution in [2.45, 2.75) is 26.5 Å². The van der Waals surface area contributed by atoms with Crippen LogP contribution in [0.15, 0.2) is 42.5 Å². The average Bonchev–Trinajstić information content (AvgIpc) is 2.58. The summed E-state index contributed by atoms with van der Waals surface area (Å²) in [7, 11) is 0. The zero-order valence-corrected chi connectivity index (χ0v) is 14.2.